The van der Waals surface area contributed by atoms with Gasteiger partial charge in [0.1, 0.15) is 5.75 Å². The molecular weight excluding hydrogens is 370 g/mol. The molecule has 10 nitrogen and oxygen atoms in total. The maximum Gasteiger partial charge on any atom is 0.338 e. The van der Waals surface area contributed by atoms with Crippen molar-refractivity contribution in [2.75, 3.05) is 14.2 Å². The number of hydrogen-bond donors (Lipinski definition) is 0. The molecule has 0 amide bonds. The van der Waals surface area contributed by atoms with E-state index in [2.05, 4.69) is 10.1 Å². The SMILES string of the molecule is COc1ccccc1-c1noc(COC(=O)c2ccc(OC)c([N+](=O)[O-])c2)n1. The van der Waals surface area contributed by atoms with Crippen molar-refractivity contribution in [2.24, 2.45) is 0 Å². The average Bonchev–Trinajstić information content (AvgIpc) is 3.20. The zero-order valence-corrected chi connectivity index (χ0v) is 14.9. The van der Waals surface area contributed by atoms with Gasteiger partial charge in [0.25, 0.3) is 5.89 Å². The Morgan fingerprint density at radius 2 is 1.89 bits per heavy atom. The standard InChI is InChI=1S/C18H15N3O7/c1-25-14-6-4-3-5-12(14)17-19-16(28-20-17)10-27-18(22)11-7-8-15(26-2)13(9-11)21(23)24/h3-9H,10H2,1-2H3. The molecule has 0 aliphatic rings. The summed E-state index contributed by atoms with van der Waals surface area (Å²) in [7, 11) is 2.82. The van der Waals surface area contributed by atoms with E-state index in [1.54, 1.807) is 24.3 Å². The summed E-state index contributed by atoms with van der Waals surface area (Å²) >= 11 is 0. The van der Waals surface area contributed by atoms with Gasteiger partial charge in [0, 0.05) is 6.07 Å². The first kappa shape index (κ1) is 18.8. The molecule has 0 aliphatic carbocycles. The van der Waals surface area contributed by atoms with Gasteiger partial charge >= 0.3 is 11.7 Å². The van der Waals surface area contributed by atoms with Gasteiger partial charge in [0.15, 0.2) is 12.4 Å². The van der Waals surface area contributed by atoms with E-state index in [1.807, 2.05) is 0 Å². The Labute approximate surface area is 158 Å². The number of carbonyl (C=O) groups excluding carboxylic acids is 1. The Balaban J connectivity index is 1.71. The minimum absolute atomic E-state index is 0.00281. The third-order valence-electron chi connectivity index (χ3n) is 3.75. The van der Waals surface area contributed by atoms with Crippen molar-refractivity contribution >= 4 is 11.7 Å². The van der Waals surface area contributed by atoms with Crippen molar-refractivity contribution in [3.63, 3.8) is 0 Å². The number of benzene rings is 2. The van der Waals surface area contributed by atoms with Gasteiger partial charge in [0.05, 0.1) is 30.3 Å². The number of nitro groups is 1. The lowest BCUT2D eigenvalue weighted by Crippen LogP contribution is -2.06. The number of rotatable bonds is 7. The van der Waals surface area contributed by atoms with Crippen molar-refractivity contribution in [1.82, 2.24) is 10.1 Å². The van der Waals surface area contributed by atoms with Crippen LogP contribution in [0.1, 0.15) is 16.2 Å². The van der Waals surface area contributed by atoms with Crippen molar-refractivity contribution in [1.29, 1.82) is 0 Å². The lowest BCUT2D eigenvalue weighted by Gasteiger charge is -2.05. The number of carbonyl (C=O) groups is 1. The fourth-order valence-corrected chi connectivity index (χ4v) is 2.42. The smallest absolute Gasteiger partial charge is 0.338 e. The molecule has 3 aromatic rings. The number of para-hydroxylation sites is 1. The van der Waals surface area contributed by atoms with Crippen molar-refractivity contribution < 1.29 is 28.5 Å². The number of ether oxygens (including phenoxy) is 3. The quantitative estimate of drug-likeness (QED) is 0.342. The summed E-state index contributed by atoms with van der Waals surface area (Å²) in [5.41, 5.74) is 0.280. The molecule has 0 atom stereocenters. The maximum atomic E-state index is 12.2. The molecule has 0 saturated heterocycles. The molecular formula is C18H15N3O7. The van der Waals surface area contributed by atoms with Crippen LogP contribution in [0.25, 0.3) is 11.4 Å². The number of nitro benzene ring substituents is 1. The van der Waals surface area contributed by atoms with E-state index in [1.165, 1.54) is 26.4 Å². The second-order valence-electron chi connectivity index (χ2n) is 5.43. The predicted molar refractivity (Wildman–Crippen MR) is 95.1 cm³/mol. The Hall–Kier alpha value is -3.95. The van der Waals surface area contributed by atoms with Gasteiger partial charge in [0.2, 0.25) is 5.82 Å². The Kier molecular flexibility index (Phi) is 5.49. The molecule has 0 bridgehead atoms. The summed E-state index contributed by atoms with van der Waals surface area (Å²) in [5, 5.41) is 14.9. The molecule has 10 heteroatoms. The summed E-state index contributed by atoms with van der Waals surface area (Å²) in [6.07, 6.45) is 0. The van der Waals surface area contributed by atoms with E-state index in [9.17, 15) is 14.9 Å². The Morgan fingerprint density at radius 1 is 1.14 bits per heavy atom. The van der Waals surface area contributed by atoms with E-state index >= 15 is 0 Å². The summed E-state index contributed by atoms with van der Waals surface area (Å²) < 4.78 is 20.3. The molecule has 0 aliphatic heterocycles. The third kappa shape index (κ3) is 3.90. The highest BCUT2D eigenvalue weighted by atomic mass is 16.6. The highest BCUT2D eigenvalue weighted by molar-refractivity contribution is 5.90. The van der Waals surface area contributed by atoms with E-state index in [-0.39, 0.29) is 35.3 Å². The van der Waals surface area contributed by atoms with E-state index in [0.717, 1.165) is 6.07 Å². The molecule has 0 unspecified atom stereocenters. The summed E-state index contributed by atoms with van der Waals surface area (Å²) in [6.45, 7) is -0.291. The van der Waals surface area contributed by atoms with Crippen molar-refractivity contribution in [2.45, 2.75) is 6.61 Å². The Morgan fingerprint density at radius 3 is 2.61 bits per heavy atom. The third-order valence-corrected chi connectivity index (χ3v) is 3.75. The summed E-state index contributed by atoms with van der Waals surface area (Å²) in [5.74, 6) is 0.181. The molecule has 144 valence electrons. The molecule has 3 rings (SSSR count). The number of nitrogens with zero attached hydrogens (tertiary/aromatic N) is 3. The normalized spacial score (nSPS) is 10.4. The van der Waals surface area contributed by atoms with E-state index in [0.29, 0.717) is 11.3 Å². The van der Waals surface area contributed by atoms with Crippen LogP contribution in [-0.4, -0.2) is 35.3 Å². The van der Waals surface area contributed by atoms with Gasteiger partial charge in [-0.25, -0.2) is 4.79 Å². The van der Waals surface area contributed by atoms with Crippen LogP contribution < -0.4 is 9.47 Å². The fourth-order valence-electron chi connectivity index (χ4n) is 2.42. The van der Waals surface area contributed by atoms with Crippen LogP contribution in [0.2, 0.25) is 0 Å². The van der Waals surface area contributed by atoms with E-state index < -0.39 is 10.9 Å². The first-order valence-electron chi connectivity index (χ1n) is 7.99. The first-order valence-corrected chi connectivity index (χ1v) is 7.99. The van der Waals surface area contributed by atoms with E-state index in [4.69, 9.17) is 18.7 Å². The second-order valence-corrected chi connectivity index (χ2v) is 5.43. The average molecular weight is 385 g/mol. The molecule has 28 heavy (non-hydrogen) atoms. The number of esters is 1. The van der Waals surface area contributed by atoms with Crippen LogP contribution in [0.3, 0.4) is 0 Å². The second kappa shape index (κ2) is 8.16. The molecule has 0 fully saturated rings. The molecule has 1 heterocycles. The molecule has 0 N–H and O–H groups in total. The number of aromatic nitrogens is 2. The zero-order chi connectivity index (χ0) is 20.1. The first-order chi connectivity index (χ1) is 13.5. The fraction of sp³-hybridized carbons (Fsp3) is 0.167. The Bertz CT molecular complexity index is 1020. The van der Waals surface area contributed by atoms with Crippen LogP contribution in [0.4, 0.5) is 5.69 Å². The number of hydrogen-bond acceptors (Lipinski definition) is 9. The van der Waals surface area contributed by atoms with Crippen LogP contribution in [0, 0.1) is 10.1 Å². The zero-order valence-electron chi connectivity index (χ0n) is 14.9. The summed E-state index contributed by atoms with van der Waals surface area (Å²) in [4.78, 5) is 26.7. The van der Waals surface area contributed by atoms with Gasteiger partial charge < -0.3 is 18.7 Å². The van der Waals surface area contributed by atoms with Gasteiger partial charge in [-0.2, -0.15) is 4.98 Å². The highest BCUT2D eigenvalue weighted by Crippen LogP contribution is 2.29. The van der Waals surface area contributed by atoms with Crippen molar-refractivity contribution in [3.8, 4) is 22.9 Å². The number of methoxy groups -OCH3 is 2. The molecule has 0 radical (unpaired) electrons. The molecule has 1 aromatic heterocycles. The molecule has 0 saturated carbocycles. The van der Waals surface area contributed by atoms with Gasteiger partial charge in [-0.05, 0) is 24.3 Å². The predicted octanol–water partition coefficient (Wildman–Crippen LogP) is 3.02. The minimum atomic E-state index is -0.775. The van der Waals surface area contributed by atoms with Crippen LogP contribution in [0.15, 0.2) is 47.0 Å². The van der Waals surface area contributed by atoms with Crippen molar-refractivity contribution in [3.05, 3.63) is 64.0 Å². The van der Waals surface area contributed by atoms with Gasteiger partial charge in [-0.1, -0.05) is 17.3 Å². The molecule has 2 aromatic carbocycles. The monoisotopic (exact) mass is 385 g/mol. The summed E-state index contributed by atoms with van der Waals surface area (Å²) in [6, 6.07) is 10.9. The topological polar surface area (TPSA) is 127 Å². The minimum Gasteiger partial charge on any atom is -0.496 e. The lowest BCUT2D eigenvalue weighted by molar-refractivity contribution is -0.385. The largest absolute Gasteiger partial charge is 0.496 e. The van der Waals surface area contributed by atoms with Gasteiger partial charge in [-0.3, -0.25) is 10.1 Å². The van der Waals surface area contributed by atoms with Crippen LogP contribution in [-0.2, 0) is 11.3 Å². The molecule has 0 spiro atoms. The highest BCUT2D eigenvalue weighted by Gasteiger charge is 2.20. The van der Waals surface area contributed by atoms with Gasteiger partial charge in [-0.15, -0.1) is 0 Å². The van der Waals surface area contributed by atoms with Crippen LogP contribution in [0.5, 0.6) is 11.5 Å². The maximum absolute atomic E-state index is 12.2. The van der Waals surface area contributed by atoms with Crippen LogP contribution >= 0.6 is 0 Å². The lowest BCUT2D eigenvalue weighted by atomic mass is 10.2.